The second-order valence-corrected chi connectivity index (χ2v) is 9.34. The van der Waals surface area contributed by atoms with Crippen LogP contribution in [0, 0.1) is 45.3 Å². The third kappa shape index (κ3) is 3.92. The lowest BCUT2D eigenvalue weighted by molar-refractivity contribution is 0.293. The Hall–Kier alpha value is -3.73. The number of hydrogen-bond donors (Lipinski definition) is 1. The van der Waals surface area contributed by atoms with Gasteiger partial charge in [-0.1, -0.05) is 34.1 Å². The summed E-state index contributed by atoms with van der Waals surface area (Å²) in [5.41, 5.74) is 7.50. The van der Waals surface area contributed by atoms with E-state index in [9.17, 15) is 15.8 Å². The van der Waals surface area contributed by atoms with Crippen molar-refractivity contribution in [3.8, 4) is 29.7 Å². The molecule has 2 atom stereocenters. The van der Waals surface area contributed by atoms with Crippen LogP contribution >= 0.6 is 15.9 Å². The fourth-order valence-electron chi connectivity index (χ4n) is 5.07. The molecule has 0 unspecified atom stereocenters. The van der Waals surface area contributed by atoms with Crippen molar-refractivity contribution in [1.29, 1.82) is 15.8 Å². The van der Waals surface area contributed by atoms with E-state index >= 15 is 0 Å². The molecule has 2 aromatic rings. The molecule has 2 aromatic carbocycles. The molecule has 7 heteroatoms. The quantitative estimate of drug-likeness (QED) is 0.552. The van der Waals surface area contributed by atoms with Crippen LogP contribution in [0.25, 0.3) is 0 Å². The van der Waals surface area contributed by atoms with Gasteiger partial charge in [-0.05, 0) is 66.6 Å². The van der Waals surface area contributed by atoms with Crippen molar-refractivity contribution in [3.05, 3.63) is 81.0 Å². The Kier molecular flexibility index (Phi) is 6.64. The number of rotatable bonds is 5. The molecule has 0 aromatic heterocycles. The Labute approximate surface area is 207 Å². The topological polar surface area (TPSA) is 116 Å². The number of fused-ring (bicyclic) bond motifs is 1. The van der Waals surface area contributed by atoms with Crippen LogP contribution in [-0.4, -0.2) is 7.11 Å². The summed E-state index contributed by atoms with van der Waals surface area (Å²) in [5, 5.41) is 30.3. The van der Waals surface area contributed by atoms with Crippen molar-refractivity contribution in [2.24, 2.45) is 17.1 Å². The van der Waals surface area contributed by atoms with Gasteiger partial charge in [0, 0.05) is 16.0 Å². The molecule has 0 amide bonds. The summed E-state index contributed by atoms with van der Waals surface area (Å²) in [6.45, 7) is 0.244. The zero-order valence-electron chi connectivity index (χ0n) is 18.7. The molecule has 2 aliphatic carbocycles. The van der Waals surface area contributed by atoms with Crippen LogP contribution in [0.4, 0.5) is 0 Å². The summed E-state index contributed by atoms with van der Waals surface area (Å²) in [4.78, 5) is 0. The number of nitriles is 3. The standard InChI is InChI=1S/C27H23BrN4O2/c1-33-24-10-9-17(11-18(24)14-34-20-6-4-5-19(28)12-20)25-22-8-3-2-7-21(22)23(13-29)26(32)27(25,15-30)16-31/h4-7,9-12,22,25H,2-3,8,14,32H2,1H3/t22-,25+/m1/s1. The maximum absolute atomic E-state index is 10.2. The van der Waals surface area contributed by atoms with E-state index in [1.54, 1.807) is 7.11 Å². The highest BCUT2D eigenvalue weighted by Crippen LogP contribution is 2.56. The Morgan fingerprint density at radius 3 is 2.62 bits per heavy atom. The summed E-state index contributed by atoms with van der Waals surface area (Å²) in [7, 11) is 1.59. The average molecular weight is 515 g/mol. The predicted octanol–water partition coefficient (Wildman–Crippen LogP) is 5.63. The number of benzene rings is 2. The molecule has 34 heavy (non-hydrogen) atoms. The maximum atomic E-state index is 10.2. The Bertz CT molecular complexity index is 1300. The van der Waals surface area contributed by atoms with Crippen molar-refractivity contribution in [2.75, 3.05) is 7.11 Å². The molecule has 6 nitrogen and oxygen atoms in total. The fourth-order valence-corrected chi connectivity index (χ4v) is 5.45. The minimum Gasteiger partial charge on any atom is -0.496 e. The van der Waals surface area contributed by atoms with Crippen LogP contribution in [0.5, 0.6) is 11.5 Å². The summed E-state index contributed by atoms with van der Waals surface area (Å²) >= 11 is 3.45. The lowest BCUT2D eigenvalue weighted by atomic mass is 9.56. The van der Waals surface area contributed by atoms with Crippen molar-refractivity contribution in [2.45, 2.75) is 31.8 Å². The molecule has 0 spiro atoms. The van der Waals surface area contributed by atoms with Gasteiger partial charge in [0.05, 0.1) is 30.5 Å². The minimum absolute atomic E-state index is 0.0390. The highest BCUT2D eigenvalue weighted by molar-refractivity contribution is 9.10. The normalized spacial score (nSPS) is 20.7. The molecule has 0 saturated heterocycles. The van der Waals surface area contributed by atoms with Gasteiger partial charge in [-0.25, -0.2) is 0 Å². The fraction of sp³-hybridized carbons (Fsp3) is 0.296. The lowest BCUT2D eigenvalue weighted by Crippen LogP contribution is -2.42. The van der Waals surface area contributed by atoms with Crippen molar-refractivity contribution >= 4 is 15.9 Å². The first kappa shape index (κ1) is 23.4. The van der Waals surface area contributed by atoms with Gasteiger partial charge in [0.15, 0.2) is 5.41 Å². The number of allylic oxidation sites excluding steroid dienone is 4. The second-order valence-electron chi connectivity index (χ2n) is 8.42. The summed E-state index contributed by atoms with van der Waals surface area (Å²) < 4.78 is 12.5. The molecule has 0 radical (unpaired) electrons. The third-order valence-electron chi connectivity index (χ3n) is 6.65. The number of methoxy groups -OCH3 is 1. The molecule has 0 heterocycles. The number of ether oxygens (including phenoxy) is 2. The van der Waals surface area contributed by atoms with E-state index < -0.39 is 11.3 Å². The zero-order chi connectivity index (χ0) is 24.3. The molecular weight excluding hydrogens is 492 g/mol. The van der Waals surface area contributed by atoms with Gasteiger partial charge in [0.1, 0.15) is 24.2 Å². The Morgan fingerprint density at radius 2 is 1.94 bits per heavy atom. The average Bonchev–Trinajstić information content (AvgIpc) is 2.87. The first-order valence-electron chi connectivity index (χ1n) is 11.0. The minimum atomic E-state index is -1.64. The molecule has 2 N–H and O–H groups in total. The largest absolute Gasteiger partial charge is 0.496 e. The van der Waals surface area contributed by atoms with E-state index in [0.29, 0.717) is 11.5 Å². The van der Waals surface area contributed by atoms with E-state index in [4.69, 9.17) is 15.2 Å². The van der Waals surface area contributed by atoms with Gasteiger partial charge < -0.3 is 15.2 Å². The molecular formula is C27H23BrN4O2. The maximum Gasteiger partial charge on any atom is 0.191 e. The monoisotopic (exact) mass is 514 g/mol. The first-order valence-corrected chi connectivity index (χ1v) is 11.8. The van der Waals surface area contributed by atoms with E-state index in [0.717, 1.165) is 40.4 Å². The Morgan fingerprint density at radius 1 is 1.15 bits per heavy atom. The molecule has 2 aliphatic rings. The van der Waals surface area contributed by atoms with E-state index in [1.165, 1.54) is 0 Å². The molecule has 0 saturated carbocycles. The van der Waals surface area contributed by atoms with Gasteiger partial charge in [-0.2, -0.15) is 15.8 Å². The van der Waals surface area contributed by atoms with Crippen molar-refractivity contribution in [3.63, 3.8) is 0 Å². The number of hydrogen-bond acceptors (Lipinski definition) is 6. The van der Waals surface area contributed by atoms with Gasteiger partial charge in [-0.3, -0.25) is 0 Å². The second kappa shape index (κ2) is 9.64. The molecule has 0 aliphatic heterocycles. The van der Waals surface area contributed by atoms with E-state index in [-0.39, 0.29) is 23.8 Å². The SMILES string of the molecule is COc1ccc([C@H]2[C@@H]3CCCC=C3C(C#N)=C(N)C2(C#N)C#N)cc1COc1cccc(Br)c1. The summed E-state index contributed by atoms with van der Waals surface area (Å²) in [6.07, 6.45) is 4.57. The predicted molar refractivity (Wildman–Crippen MR) is 130 cm³/mol. The van der Waals surface area contributed by atoms with Crippen molar-refractivity contribution < 1.29 is 9.47 Å². The van der Waals surface area contributed by atoms with Crippen LogP contribution in [0.3, 0.4) is 0 Å². The van der Waals surface area contributed by atoms with Crippen LogP contribution in [-0.2, 0) is 6.61 Å². The van der Waals surface area contributed by atoms with Crippen LogP contribution in [0.2, 0.25) is 0 Å². The Balaban J connectivity index is 1.81. The summed E-state index contributed by atoms with van der Waals surface area (Å²) in [5.74, 6) is 0.685. The molecule has 0 bridgehead atoms. The van der Waals surface area contributed by atoms with Crippen LogP contribution in [0.1, 0.15) is 36.3 Å². The summed E-state index contributed by atoms with van der Waals surface area (Å²) in [6, 6.07) is 19.7. The highest BCUT2D eigenvalue weighted by Gasteiger charge is 2.53. The molecule has 4 rings (SSSR count). The zero-order valence-corrected chi connectivity index (χ0v) is 20.3. The van der Waals surface area contributed by atoms with E-state index in [1.807, 2.05) is 48.5 Å². The number of nitrogens with zero attached hydrogens (tertiary/aromatic N) is 3. The van der Waals surface area contributed by atoms with Crippen LogP contribution < -0.4 is 15.2 Å². The van der Waals surface area contributed by atoms with Crippen molar-refractivity contribution in [1.82, 2.24) is 0 Å². The highest BCUT2D eigenvalue weighted by atomic mass is 79.9. The van der Waals surface area contributed by atoms with Gasteiger partial charge in [0.25, 0.3) is 0 Å². The molecule has 0 fully saturated rings. The number of halogens is 1. The van der Waals surface area contributed by atoms with Gasteiger partial charge in [0.2, 0.25) is 0 Å². The van der Waals surface area contributed by atoms with Gasteiger partial charge >= 0.3 is 0 Å². The van der Waals surface area contributed by atoms with Gasteiger partial charge in [-0.15, -0.1) is 0 Å². The third-order valence-corrected chi connectivity index (χ3v) is 7.15. The first-order chi connectivity index (χ1) is 16.5. The van der Waals surface area contributed by atoms with Crippen LogP contribution in [0.15, 0.2) is 69.9 Å². The van der Waals surface area contributed by atoms with E-state index in [2.05, 4.69) is 34.1 Å². The lowest BCUT2D eigenvalue weighted by Gasteiger charge is -2.43. The molecule has 170 valence electrons. The number of nitrogens with two attached hydrogens (primary N) is 1. The smallest absolute Gasteiger partial charge is 0.191 e.